The number of nitrogens with zero attached hydrogens (tertiary/aromatic N) is 1. The zero-order valence-electron chi connectivity index (χ0n) is 12.5. The molecule has 1 saturated carbocycles. The third-order valence-electron chi connectivity index (χ3n) is 3.94. The monoisotopic (exact) mass is 256 g/mol. The van der Waals surface area contributed by atoms with Crippen LogP contribution in [0.4, 0.5) is 0 Å². The van der Waals surface area contributed by atoms with Crippen LogP contribution in [0.25, 0.3) is 0 Å². The Hall–Kier alpha value is -0.120. The second-order valence-corrected chi connectivity index (χ2v) is 6.26. The molecule has 0 spiro atoms. The van der Waals surface area contributed by atoms with E-state index in [-0.39, 0.29) is 12.6 Å². The maximum absolute atomic E-state index is 9.33. The van der Waals surface area contributed by atoms with Gasteiger partial charge in [0, 0.05) is 18.6 Å². The average molecular weight is 256 g/mol. The minimum Gasteiger partial charge on any atom is -0.395 e. The van der Waals surface area contributed by atoms with E-state index in [1.54, 1.807) is 0 Å². The molecule has 0 aliphatic heterocycles. The molecule has 1 rings (SSSR count). The van der Waals surface area contributed by atoms with Crippen molar-refractivity contribution in [3.05, 3.63) is 0 Å². The second kappa shape index (κ2) is 8.89. The Morgan fingerprint density at radius 1 is 1.22 bits per heavy atom. The molecule has 108 valence electrons. The quantitative estimate of drug-likeness (QED) is 0.699. The fourth-order valence-corrected chi connectivity index (χ4v) is 2.98. The molecule has 0 bridgehead atoms. The van der Waals surface area contributed by atoms with E-state index in [0.717, 1.165) is 18.9 Å². The molecule has 0 heterocycles. The molecular weight excluding hydrogens is 224 g/mol. The predicted molar refractivity (Wildman–Crippen MR) is 77.8 cm³/mol. The van der Waals surface area contributed by atoms with Crippen LogP contribution in [0.2, 0.25) is 0 Å². The molecule has 2 N–H and O–H groups in total. The maximum atomic E-state index is 9.33. The van der Waals surface area contributed by atoms with Crippen LogP contribution >= 0.6 is 0 Å². The minimum atomic E-state index is 0.245. The van der Waals surface area contributed by atoms with Crippen LogP contribution in [-0.2, 0) is 0 Å². The van der Waals surface area contributed by atoms with Gasteiger partial charge in [0.05, 0.1) is 6.61 Å². The van der Waals surface area contributed by atoms with Crippen LogP contribution in [0.1, 0.15) is 52.4 Å². The highest BCUT2D eigenvalue weighted by molar-refractivity contribution is 4.72. The van der Waals surface area contributed by atoms with Gasteiger partial charge in [-0.2, -0.15) is 0 Å². The van der Waals surface area contributed by atoms with Crippen molar-refractivity contribution >= 4 is 0 Å². The lowest BCUT2D eigenvalue weighted by molar-refractivity contribution is 0.192. The van der Waals surface area contributed by atoms with Gasteiger partial charge in [0.2, 0.25) is 0 Å². The summed E-state index contributed by atoms with van der Waals surface area (Å²) in [5.74, 6) is 0.911. The average Bonchev–Trinajstić information content (AvgIpc) is 2.35. The molecule has 18 heavy (non-hydrogen) atoms. The fourth-order valence-electron chi connectivity index (χ4n) is 2.98. The van der Waals surface area contributed by atoms with Crippen LogP contribution in [0.15, 0.2) is 0 Å². The molecule has 1 aliphatic carbocycles. The minimum absolute atomic E-state index is 0.245. The van der Waals surface area contributed by atoms with Gasteiger partial charge in [-0.05, 0) is 38.8 Å². The summed E-state index contributed by atoms with van der Waals surface area (Å²) in [6.07, 6.45) is 8.15. The zero-order valence-corrected chi connectivity index (χ0v) is 12.5. The van der Waals surface area contributed by atoms with Gasteiger partial charge in [-0.25, -0.2) is 0 Å². The number of hydrogen-bond acceptors (Lipinski definition) is 3. The van der Waals surface area contributed by atoms with E-state index in [2.05, 4.69) is 31.1 Å². The summed E-state index contributed by atoms with van der Waals surface area (Å²) in [4.78, 5) is 2.45. The number of rotatable bonds is 8. The third-order valence-corrected chi connectivity index (χ3v) is 3.94. The van der Waals surface area contributed by atoms with E-state index < -0.39 is 0 Å². The normalized spacial score (nSPS) is 19.7. The number of hydrogen-bond donors (Lipinski definition) is 2. The van der Waals surface area contributed by atoms with Crippen molar-refractivity contribution in [3.8, 4) is 0 Å². The van der Waals surface area contributed by atoms with Crippen LogP contribution in [0.3, 0.4) is 0 Å². The van der Waals surface area contributed by atoms with Gasteiger partial charge in [-0.1, -0.05) is 33.1 Å². The molecule has 1 fully saturated rings. The largest absolute Gasteiger partial charge is 0.395 e. The van der Waals surface area contributed by atoms with Gasteiger partial charge in [0.15, 0.2) is 0 Å². The Morgan fingerprint density at radius 3 is 2.44 bits per heavy atom. The zero-order chi connectivity index (χ0) is 13.4. The Balaban J connectivity index is 2.16. The topological polar surface area (TPSA) is 35.5 Å². The number of aliphatic hydroxyl groups excluding tert-OH is 1. The Morgan fingerprint density at radius 2 is 1.89 bits per heavy atom. The number of nitrogens with one attached hydrogen (secondary N) is 1. The highest BCUT2D eigenvalue weighted by Gasteiger charge is 2.16. The molecule has 0 aromatic rings. The van der Waals surface area contributed by atoms with Crippen LogP contribution in [-0.4, -0.2) is 48.8 Å². The molecule has 0 saturated heterocycles. The van der Waals surface area contributed by atoms with Crippen molar-refractivity contribution in [1.82, 2.24) is 10.2 Å². The molecule has 3 heteroatoms. The summed E-state index contributed by atoms with van der Waals surface area (Å²) in [7, 11) is 2.22. The molecule has 1 atom stereocenters. The lowest BCUT2D eigenvalue weighted by Crippen LogP contribution is -2.40. The van der Waals surface area contributed by atoms with Crippen molar-refractivity contribution < 1.29 is 5.11 Å². The summed E-state index contributed by atoms with van der Waals surface area (Å²) in [6, 6.07) is 0.699. The summed E-state index contributed by atoms with van der Waals surface area (Å²) >= 11 is 0. The predicted octanol–water partition coefficient (Wildman–Crippen LogP) is 2.25. The van der Waals surface area contributed by atoms with E-state index in [4.69, 9.17) is 0 Å². The number of aliphatic hydroxyl groups is 1. The molecular formula is C15H32N2O. The highest BCUT2D eigenvalue weighted by Crippen LogP contribution is 2.24. The van der Waals surface area contributed by atoms with Gasteiger partial charge in [-0.15, -0.1) is 0 Å². The van der Waals surface area contributed by atoms with Gasteiger partial charge in [-0.3, -0.25) is 0 Å². The van der Waals surface area contributed by atoms with E-state index >= 15 is 0 Å². The molecule has 1 aliphatic rings. The molecule has 0 aromatic heterocycles. The second-order valence-electron chi connectivity index (χ2n) is 6.26. The maximum Gasteiger partial charge on any atom is 0.0585 e. The summed E-state index contributed by atoms with van der Waals surface area (Å²) < 4.78 is 0. The summed E-state index contributed by atoms with van der Waals surface area (Å²) in [5, 5.41) is 12.7. The van der Waals surface area contributed by atoms with Gasteiger partial charge < -0.3 is 15.3 Å². The van der Waals surface area contributed by atoms with Crippen LogP contribution in [0.5, 0.6) is 0 Å². The Kier molecular flexibility index (Phi) is 7.87. The molecule has 0 aromatic carbocycles. The first kappa shape index (κ1) is 15.9. The lowest BCUT2D eigenvalue weighted by atomic mass is 9.89. The van der Waals surface area contributed by atoms with Crippen molar-refractivity contribution in [2.45, 2.75) is 64.5 Å². The molecule has 0 amide bonds. The van der Waals surface area contributed by atoms with Crippen LogP contribution < -0.4 is 5.32 Å². The van der Waals surface area contributed by atoms with Crippen molar-refractivity contribution in [1.29, 1.82) is 0 Å². The standard InChI is InChI=1S/C15H32N2O/c1-13(2)16-15(12-18)9-10-17(3)11-14-7-5-4-6-8-14/h13-16,18H,4-12H2,1-3H3. The van der Waals surface area contributed by atoms with Crippen LogP contribution in [0, 0.1) is 5.92 Å². The summed E-state index contributed by atoms with van der Waals surface area (Å²) in [5.41, 5.74) is 0. The molecule has 1 unspecified atom stereocenters. The van der Waals surface area contributed by atoms with Crippen molar-refractivity contribution in [2.24, 2.45) is 5.92 Å². The van der Waals surface area contributed by atoms with Crippen molar-refractivity contribution in [3.63, 3.8) is 0 Å². The Bertz CT molecular complexity index is 203. The van der Waals surface area contributed by atoms with E-state index in [1.807, 2.05) is 0 Å². The Labute approximate surface area is 113 Å². The van der Waals surface area contributed by atoms with E-state index in [9.17, 15) is 5.11 Å². The first-order chi connectivity index (χ1) is 8.61. The van der Waals surface area contributed by atoms with Crippen molar-refractivity contribution in [2.75, 3.05) is 26.7 Å². The van der Waals surface area contributed by atoms with Gasteiger partial charge in [0.1, 0.15) is 0 Å². The van der Waals surface area contributed by atoms with E-state index in [0.29, 0.717) is 6.04 Å². The van der Waals surface area contributed by atoms with Gasteiger partial charge >= 0.3 is 0 Å². The summed E-state index contributed by atoms with van der Waals surface area (Å²) in [6.45, 7) is 6.83. The first-order valence-corrected chi connectivity index (χ1v) is 7.67. The van der Waals surface area contributed by atoms with E-state index in [1.165, 1.54) is 38.6 Å². The third kappa shape index (κ3) is 6.72. The lowest BCUT2D eigenvalue weighted by Gasteiger charge is -2.28. The fraction of sp³-hybridized carbons (Fsp3) is 1.00. The highest BCUT2D eigenvalue weighted by atomic mass is 16.3. The van der Waals surface area contributed by atoms with Gasteiger partial charge in [0.25, 0.3) is 0 Å². The SMILES string of the molecule is CC(C)NC(CO)CCN(C)CC1CCCCC1. The molecule has 0 radical (unpaired) electrons. The molecule has 3 nitrogen and oxygen atoms in total. The first-order valence-electron chi connectivity index (χ1n) is 7.67. The smallest absolute Gasteiger partial charge is 0.0585 e.